The second-order valence-electron chi connectivity index (χ2n) is 5.57. The maximum atomic E-state index is 12.3. The molecule has 6 nitrogen and oxygen atoms in total. The van der Waals surface area contributed by atoms with Crippen LogP contribution in [0, 0.1) is 6.92 Å². The van der Waals surface area contributed by atoms with Crippen LogP contribution in [0.5, 0.6) is 0 Å². The molecule has 3 rings (SSSR count). The second-order valence-corrected chi connectivity index (χ2v) is 6.80. The minimum atomic E-state index is -0.852. The van der Waals surface area contributed by atoms with Crippen LogP contribution in [0.3, 0.4) is 0 Å². The van der Waals surface area contributed by atoms with Crippen LogP contribution in [-0.4, -0.2) is 48.1 Å². The molecule has 1 fully saturated rings. The van der Waals surface area contributed by atoms with Gasteiger partial charge in [0, 0.05) is 6.54 Å². The van der Waals surface area contributed by atoms with Crippen LogP contribution in [0.25, 0.3) is 10.2 Å². The summed E-state index contributed by atoms with van der Waals surface area (Å²) in [5.74, 6) is -1.49. The van der Waals surface area contributed by atoms with Crippen molar-refractivity contribution in [2.75, 3.05) is 20.3 Å². The maximum Gasteiger partial charge on any atom is 0.396 e. The van der Waals surface area contributed by atoms with E-state index in [1.807, 2.05) is 32.0 Å². The van der Waals surface area contributed by atoms with Gasteiger partial charge in [0.05, 0.1) is 41.1 Å². The lowest BCUT2D eigenvalue weighted by atomic mass is 10.0. The zero-order chi connectivity index (χ0) is 16.6. The molecule has 122 valence electrons. The Morgan fingerprint density at radius 3 is 2.96 bits per heavy atom. The fourth-order valence-electron chi connectivity index (χ4n) is 2.77. The number of carbonyl (C=O) groups excluding carboxylic acids is 2. The molecule has 0 spiro atoms. The molecule has 0 radical (unpaired) electrons. The molecule has 2 heterocycles. The van der Waals surface area contributed by atoms with Crippen molar-refractivity contribution in [3.63, 3.8) is 0 Å². The Morgan fingerprint density at radius 2 is 2.22 bits per heavy atom. The van der Waals surface area contributed by atoms with E-state index in [2.05, 4.69) is 9.72 Å². The summed E-state index contributed by atoms with van der Waals surface area (Å²) in [6, 6.07) is 5.60. The monoisotopic (exact) mass is 334 g/mol. The first kappa shape index (κ1) is 15.9. The maximum absolute atomic E-state index is 12.3. The van der Waals surface area contributed by atoms with Crippen LogP contribution < -0.4 is 0 Å². The van der Waals surface area contributed by atoms with Crippen LogP contribution in [-0.2, 0) is 19.1 Å². The highest BCUT2D eigenvalue weighted by Crippen LogP contribution is 2.30. The van der Waals surface area contributed by atoms with Gasteiger partial charge in [0.25, 0.3) is 0 Å². The molecule has 1 amide bonds. The van der Waals surface area contributed by atoms with E-state index < -0.39 is 11.9 Å². The number of ether oxygens (including phenoxy) is 2. The van der Waals surface area contributed by atoms with E-state index in [-0.39, 0.29) is 12.1 Å². The van der Waals surface area contributed by atoms with E-state index in [9.17, 15) is 9.59 Å². The number of amides is 1. The van der Waals surface area contributed by atoms with Gasteiger partial charge in [-0.3, -0.25) is 4.79 Å². The number of rotatable bonds is 1. The summed E-state index contributed by atoms with van der Waals surface area (Å²) < 4.78 is 11.4. The molecule has 1 unspecified atom stereocenters. The van der Waals surface area contributed by atoms with Crippen molar-refractivity contribution in [1.29, 1.82) is 0 Å². The number of benzene rings is 1. The average molecular weight is 334 g/mol. The summed E-state index contributed by atoms with van der Waals surface area (Å²) in [6.07, 6.45) is -0.120. The summed E-state index contributed by atoms with van der Waals surface area (Å²) in [7, 11) is 1.21. The molecule has 2 aromatic rings. The Bertz CT molecular complexity index is 758. The quantitative estimate of drug-likeness (QED) is 0.590. The van der Waals surface area contributed by atoms with Gasteiger partial charge in [0.2, 0.25) is 0 Å². The molecule has 2 atom stereocenters. The van der Waals surface area contributed by atoms with Crippen molar-refractivity contribution >= 4 is 33.4 Å². The topological polar surface area (TPSA) is 68.7 Å². The number of aryl methyl sites for hydroxylation is 1. The lowest BCUT2D eigenvalue weighted by Crippen LogP contribution is -2.49. The molecule has 7 heteroatoms. The minimum Gasteiger partial charge on any atom is -0.462 e. The highest BCUT2D eigenvalue weighted by molar-refractivity contribution is 7.18. The van der Waals surface area contributed by atoms with Gasteiger partial charge in [-0.05, 0) is 31.5 Å². The molecule has 1 aliphatic rings. The zero-order valence-corrected chi connectivity index (χ0v) is 14.1. The van der Waals surface area contributed by atoms with Crippen molar-refractivity contribution < 1.29 is 19.1 Å². The predicted molar refractivity (Wildman–Crippen MR) is 86.2 cm³/mol. The first-order chi connectivity index (χ1) is 11.0. The summed E-state index contributed by atoms with van der Waals surface area (Å²) in [6.45, 7) is 4.54. The highest BCUT2D eigenvalue weighted by Gasteiger charge is 2.35. The smallest absolute Gasteiger partial charge is 0.396 e. The summed E-state index contributed by atoms with van der Waals surface area (Å²) in [5.41, 5.74) is 1.81. The van der Waals surface area contributed by atoms with Gasteiger partial charge in [0.15, 0.2) is 0 Å². The number of hydrogen-bond acceptors (Lipinski definition) is 6. The molecule has 1 aliphatic heterocycles. The Hall–Kier alpha value is -1.99. The van der Waals surface area contributed by atoms with Crippen molar-refractivity contribution in [3.8, 4) is 0 Å². The van der Waals surface area contributed by atoms with E-state index in [0.29, 0.717) is 13.2 Å². The third kappa shape index (κ3) is 3.07. The number of morpholine rings is 1. The van der Waals surface area contributed by atoms with E-state index in [1.165, 1.54) is 12.0 Å². The number of hydrogen-bond donors (Lipinski definition) is 0. The summed E-state index contributed by atoms with van der Waals surface area (Å²) in [5, 5.41) is 0.994. The molecule has 0 bridgehead atoms. The van der Waals surface area contributed by atoms with E-state index in [0.717, 1.165) is 20.8 Å². The van der Waals surface area contributed by atoms with Gasteiger partial charge in [-0.2, -0.15) is 0 Å². The molecule has 0 saturated carbocycles. The largest absolute Gasteiger partial charge is 0.462 e. The third-order valence-electron chi connectivity index (χ3n) is 3.89. The molecule has 1 aromatic carbocycles. The molecule has 0 N–H and O–H groups in total. The molecular weight excluding hydrogens is 316 g/mol. The van der Waals surface area contributed by atoms with Crippen LogP contribution in [0.2, 0.25) is 0 Å². The van der Waals surface area contributed by atoms with Crippen LogP contribution in [0.15, 0.2) is 18.2 Å². The number of carbonyl (C=O) groups is 2. The van der Waals surface area contributed by atoms with Crippen molar-refractivity contribution in [1.82, 2.24) is 9.88 Å². The fraction of sp³-hybridized carbons (Fsp3) is 0.438. The SMILES string of the molecule is COC(=O)C(=O)N1C[C@@H](C)OCC1c1ccc2sc(C)nc2c1. The van der Waals surface area contributed by atoms with Gasteiger partial charge in [-0.1, -0.05) is 6.07 Å². The first-order valence-electron chi connectivity index (χ1n) is 7.37. The number of methoxy groups -OCH3 is 1. The summed E-state index contributed by atoms with van der Waals surface area (Å²) in [4.78, 5) is 30.0. The number of thiazole rings is 1. The molecule has 1 saturated heterocycles. The van der Waals surface area contributed by atoms with Gasteiger partial charge in [-0.25, -0.2) is 9.78 Å². The van der Waals surface area contributed by atoms with Gasteiger partial charge >= 0.3 is 11.9 Å². The highest BCUT2D eigenvalue weighted by atomic mass is 32.1. The lowest BCUT2D eigenvalue weighted by Gasteiger charge is -2.38. The molecule has 23 heavy (non-hydrogen) atoms. The van der Waals surface area contributed by atoms with E-state index in [4.69, 9.17) is 4.74 Å². The van der Waals surface area contributed by atoms with Gasteiger partial charge in [0.1, 0.15) is 0 Å². The lowest BCUT2D eigenvalue weighted by molar-refractivity contribution is -0.165. The molecular formula is C16H18N2O4S. The number of aromatic nitrogens is 1. The third-order valence-corrected chi connectivity index (χ3v) is 4.84. The Labute approximate surface area is 138 Å². The Morgan fingerprint density at radius 1 is 1.43 bits per heavy atom. The average Bonchev–Trinajstić information content (AvgIpc) is 2.92. The predicted octanol–water partition coefficient (Wildman–Crippen LogP) is 2.07. The Balaban J connectivity index is 1.95. The number of esters is 1. The van der Waals surface area contributed by atoms with Crippen LogP contribution in [0.1, 0.15) is 23.5 Å². The molecule has 1 aromatic heterocycles. The van der Waals surface area contributed by atoms with E-state index >= 15 is 0 Å². The first-order valence-corrected chi connectivity index (χ1v) is 8.19. The van der Waals surface area contributed by atoms with Crippen molar-refractivity contribution in [2.24, 2.45) is 0 Å². The van der Waals surface area contributed by atoms with Crippen molar-refractivity contribution in [3.05, 3.63) is 28.8 Å². The summed E-state index contributed by atoms with van der Waals surface area (Å²) >= 11 is 1.63. The minimum absolute atomic E-state index is 0.120. The standard InChI is InChI=1S/C16H18N2O4S/c1-9-7-18(15(19)16(20)21-3)13(8-22-9)11-4-5-14-12(6-11)17-10(2)23-14/h4-6,9,13H,7-8H2,1-3H3/t9-,13?/m1/s1. The molecule has 0 aliphatic carbocycles. The number of nitrogens with zero attached hydrogens (tertiary/aromatic N) is 2. The van der Waals surface area contributed by atoms with Gasteiger partial charge < -0.3 is 14.4 Å². The number of fused-ring (bicyclic) bond motifs is 1. The van der Waals surface area contributed by atoms with Crippen LogP contribution >= 0.6 is 11.3 Å². The normalized spacial score (nSPS) is 21.4. The van der Waals surface area contributed by atoms with Crippen molar-refractivity contribution in [2.45, 2.75) is 26.0 Å². The van der Waals surface area contributed by atoms with Crippen LogP contribution in [0.4, 0.5) is 0 Å². The second kappa shape index (κ2) is 6.25. The Kier molecular flexibility index (Phi) is 4.32. The van der Waals surface area contributed by atoms with Gasteiger partial charge in [-0.15, -0.1) is 11.3 Å². The zero-order valence-electron chi connectivity index (χ0n) is 13.2. The van der Waals surface area contributed by atoms with E-state index in [1.54, 1.807) is 11.3 Å². The fourth-order valence-corrected chi connectivity index (χ4v) is 3.58.